The SMILES string of the molecule is C=C[C@H]1O/C(=N\S(=O)(=O)c2ccc(C)cc2)O[C@@H]1Cc1ccccc1. The topological polar surface area (TPSA) is 65.0 Å². The van der Waals surface area contributed by atoms with Crippen molar-refractivity contribution in [1.29, 1.82) is 0 Å². The van der Waals surface area contributed by atoms with Crippen LogP contribution in [0, 0.1) is 6.92 Å². The van der Waals surface area contributed by atoms with Gasteiger partial charge in [0.25, 0.3) is 10.0 Å². The van der Waals surface area contributed by atoms with Gasteiger partial charge in [0.05, 0.1) is 4.90 Å². The van der Waals surface area contributed by atoms with E-state index in [0.717, 1.165) is 11.1 Å². The van der Waals surface area contributed by atoms with Gasteiger partial charge < -0.3 is 9.47 Å². The molecule has 25 heavy (non-hydrogen) atoms. The molecule has 0 spiro atoms. The van der Waals surface area contributed by atoms with Crippen molar-refractivity contribution in [3.63, 3.8) is 0 Å². The second kappa shape index (κ2) is 7.11. The van der Waals surface area contributed by atoms with Gasteiger partial charge in [-0.15, -0.1) is 0 Å². The summed E-state index contributed by atoms with van der Waals surface area (Å²) in [4.78, 5) is 0.0967. The van der Waals surface area contributed by atoms with Crippen LogP contribution in [-0.4, -0.2) is 26.7 Å². The van der Waals surface area contributed by atoms with Gasteiger partial charge in [0.1, 0.15) is 6.10 Å². The van der Waals surface area contributed by atoms with Crippen molar-refractivity contribution in [3.8, 4) is 0 Å². The average molecular weight is 357 g/mol. The molecule has 6 heteroatoms. The minimum atomic E-state index is -3.88. The highest BCUT2D eigenvalue weighted by Gasteiger charge is 2.34. The average Bonchev–Trinajstić information content (AvgIpc) is 2.97. The molecule has 1 aliphatic rings. The van der Waals surface area contributed by atoms with Crippen molar-refractivity contribution >= 4 is 16.1 Å². The largest absolute Gasteiger partial charge is 0.442 e. The van der Waals surface area contributed by atoms with Gasteiger partial charge >= 0.3 is 6.08 Å². The van der Waals surface area contributed by atoms with Crippen LogP contribution < -0.4 is 0 Å². The van der Waals surface area contributed by atoms with Gasteiger partial charge in [0.2, 0.25) is 0 Å². The minimum absolute atomic E-state index is 0.0967. The summed E-state index contributed by atoms with van der Waals surface area (Å²) in [6.07, 6.45) is 1.10. The van der Waals surface area contributed by atoms with Crippen molar-refractivity contribution in [2.24, 2.45) is 4.40 Å². The summed E-state index contributed by atoms with van der Waals surface area (Å²) >= 11 is 0. The van der Waals surface area contributed by atoms with E-state index in [-0.39, 0.29) is 17.1 Å². The van der Waals surface area contributed by atoms with E-state index in [1.807, 2.05) is 37.3 Å². The molecule has 5 nitrogen and oxygen atoms in total. The van der Waals surface area contributed by atoms with Crippen LogP contribution in [0.1, 0.15) is 11.1 Å². The Morgan fingerprint density at radius 2 is 1.76 bits per heavy atom. The van der Waals surface area contributed by atoms with Crippen LogP contribution >= 0.6 is 0 Å². The maximum absolute atomic E-state index is 12.4. The van der Waals surface area contributed by atoms with Crippen LogP contribution in [0.15, 0.2) is 76.5 Å². The zero-order chi connectivity index (χ0) is 17.9. The van der Waals surface area contributed by atoms with E-state index < -0.39 is 16.1 Å². The van der Waals surface area contributed by atoms with Crippen molar-refractivity contribution in [2.75, 3.05) is 0 Å². The van der Waals surface area contributed by atoms with E-state index in [1.165, 1.54) is 12.1 Å². The van der Waals surface area contributed by atoms with Gasteiger partial charge in [0.15, 0.2) is 6.10 Å². The lowest BCUT2D eigenvalue weighted by Crippen LogP contribution is -2.22. The lowest BCUT2D eigenvalue weighted by molar-refractivity contribution is 0.190. The molecule has 1 aliphatic heterocycles. The highest BCUT2D eigenvalue weighted by molar-refractivity contribution is 7.90. The Kier molecular flexibility index (Phi) is 4.90. The zero-order valence-corrected chi connectivity index (χ0v) is 14.6. The summed E-state index contributed by atoms with van der Waals surface area (Å²) in [5.41, 5.74) is 2.03. The lowest BCUT2D eigenvalue weighted by Gasteiger charge is -2.11. The van der Waals surface area contributed by atoms with Gasteiger partial charge in [0, 0.05) is 6.42 Å². The molecule has 2 aromatic carbocycles. The van der Waals surface area contributed by atoms with E-state index in [0.29, 0.717) is 6.42 Å². The molecule has 0 aromatic heterocycles. The van der Waals surface area contributed by atoms with Gasteiger partial charge in [-0.05, 0) is 30.7 Å². The first kappa shape index (κ1) is 17.2. The molecule has 0 saturated carbocycles. The Hall–Kier alpha value is -2.60. The molecule has 130 valence electrons. The summed E-state index contributed by atoms with van der Waals surface area (Å²) in [5.74, 6) is 0. The third-order valence-corrected chi connectivity index (χ3v) is 5.14. The monoisotopic (exact) mass is 357 g/mol. The Morgan fingerprint density at radius 1 is 1.08 bits per heavy atom. The Balaban J connectivity index is 1.80. The summed E-state index contributed by atoms with van der Waals surface area (Å²) in [6.45, 7) is 5.61. The van der Waals surface area contributed by atoms with Crippen LogP contribution in [0.25, 0.3) is 0 Å². The van der Waals surface area contributed by atoms with Crippen molar-refractivity contribution < 1.29 is 17.9 Å². The molecular formula is C19H19NO4S. The molecule has 0 radical (unpaired) electrons. The number of hydrogen-bond acceptors (Lipinski definition) is 4. The number of sulfonamides is 1. The summed E-state index contributed by atoms with van der Waals surface area (Å²) < 4.78 is 39.6. The number of hydrogen-bond donors (Lipinski definition) is 0. The number of rotatable bonds is 5. The van der Waals surface area contributed by atoms with E-state index in [9.17, 15) is 8.42 Å². The van der Waals surface area contributed by atoms with Crippen molar-refractivity contribution in [3.05, 3.63) is 78.4 Å². The molecule has 2 atom stereocenters. The fourth-order valence-electron chi connectivity index (χ4n) is 2.52. The van der Waals surface area contributed by atoms with Gasteiger partial charge in [-0.25, -0.2) is 0 Å². The van der Waals surface area contributed by atoms with E-state index in [4.69, 9.17) is 9.47 Å². The predicted octanol–water partition coefficient (Wildman–Crippen LogP) is 3.25. The quantitative estimate of drug-likeness (QED) is 0.771. The fourth-order valence-corrected chi connectivity index (χ4v) is 3.39. The number of aryl methyl sites for hydroxylation is 1. The first-order valence-electron chi connectivity index (χ1n) is 7.89. The molecule has 1 heterocycles. The molecule has 0 aliphatic carbocycles. The van der Waals surface area contributed by atoms with Gasteiger partial charge in [-0.2, -0.15) is 8.42 Å². The molecule has 2 aromatic rings. The van der Waals surface area contributed by atoms with Crippen LogP contribution in [0.2, 0.25) is 0 Å². The van der Waals surface area contributed by atoms with E-state index >= 15 is 0 Å². The molecule has 0 N–H and O–H groups in total. The Morgan fingerprint density at radius 3 is 2.40 bits per heavy atom. The van der Waals surface area contributed by atoms with Crippen LogP contribution in [0.5, 0.6) is 0 Å². The van der Waals surface area contributed by atoms with Crippen LogP contribution in [0.4, 0.5) is 0 Å². The Labute approximate surface area is 147 Å². The maximum atomic E-state index is 12.4. The fraction of sp³-hybridized carbons (Fsp3) is 0.211. The third-order valence-electron chi connectivity index (χ3n) is 3.88. The highest BCUT2D eigenvalue weighted by Crippen LogP contribution is 2.22. The number of ether oxygens (including phenoxy) is 2. The predicted molar refractivity (Wildman–Crippen MR) is 95.9 cm³/mol. The van der Waals surface area contributed by atoms with Crippen LogP contribution in [-0.2, 0) is 25.9 Å². The highest BCUT2D eigenvalue weighted by atomic mass is 32.2. The normalized spacial score (nSPS) is 21.6. The number of benzene rings is 2. The maximum Gasteiger partial charge on any atom is 0.401 e. The summed E-state index contributed by atoms with van der Waals surface area (Å²) in [6, 6.07) is 16.2. The van der Waals surface area contributed by atoms with Gasteiger partial charge in [-0.3, -0.25) is 0 Å². The second-order valence-corrected chi connectivity index (χ2v) is 7.41. The molecule has 1 fully saturated rings. The molecular weight excluding hydrogens is 338 g/mol. The van der Waals surface area contributed by atoms with E-state index in [1.54, 1.807) is 18.2 Å². The van der Waals surface area contributed by atoms with E-state index in [2.05, 4.69) is 11.0 Å². The second-order valence-electron chi connectivity index (χ2n) is 5.81. The molecule has 3 rings (SSSR count). The first-order chi connectivity index (χ1) is 12.0. The Bertz CT molecular complexity index is 873. The number of nitrogens with zero attached hydrogens (tertiary/aromatic N) is 1. The van der Waals surface area contributed by atoms with Crippen molar-refractivity contribution in [1.82, 2.24) is 0 Å². The molecule has 0 bridgehead atoms. The lowest BCUT2D eigenvalue weighted by atomic mass is 10.0. The minimum Gasteiger partial charge on any atom is -0.442 e. The van der Waals surface area contributed by atoms with Crippen LogP contribution in [0.3, 0.4) is 0 Å². The zero-order valence-electron chi connectivity index (χ0n) is 13.8. The third kappa shape index (κ3) is 4.09. The molecule has 1 saturated heterocycles. The molecule has 0 amide bonds. The summed E-state index contributed by atoms with van der Waals surface area (Å²) in [7, 11) is -3.88. The molecule has 0 unspecified atom stereocenters. The summed E-state index contributed by atoms with van der Waals surface area (Å²) in [5, 5.41) is 0. The smallest absolute Gasteiger partial charge is 0.401 e. The van der Waals surface area contributed by atoms with Crippen molar-refractivity contribution in [2.45, 2.75) is 30.4 Å². The first-order valence-corrected chi connectivity index (χ1v) is 9.33. The van der Waals surface area contributed by atoms with Gasteiger partial charge in [-0.1, -0.05) is 59.0 Å². The standard InChI is InChI=1S/C19H19NO4S/c1-3-17-18(13-15-7-5-4-6-8-15)24-19(23-17)20-25(21,22)16-11-9-14(2)10-12-16/h3-12,17-18H,1,13H2,2H3/b20-19+/t17-,18-/m1/s1.